The molecule has 0 bridgehead atoms. The molecule has 118 valence electrons. The molecule has 0 saturated carbocycles. The number of nitriles is 1. The lowest BCUT2D eigenvalue weighted by molar-refractivity contribution is -0.134. The summed E-state index contributed by atoms with van der Waals surface area (Å²) in [7, 11) is 3.29. The van der Waals surface area contributed by atoms with E-state index in [1.807, 2.05) is 6.07 Å². The summed E-state index contributed by atoms with van der Waals surface area (Å²) in [6.07, 6.45) is 1.21. The monoisotopic (exact) mass is 305 g/mol. The topological polar surface area (TPSA) is 67.6 Å². The number of piperidine rings is 1. The normalized spacial score (nSPS) is 21.3. The van der Waals surface area contributed by atoms with Gasteiger partial charge in [0.15, 0.2) is 0 Å². The van der Waals surface area contributed by atoms with Crippen molar-refractivity contribution in [1.82, 2.24) is 4.90 Å². The maximum absolute atomic E-state index is 13.7. The zero-order chi connectivity index (χ0) is 16.3. The molecule has 1 heterocycles. The van der Waals surface area contributed by atoms with Crippen molar-refractivity contribution >= 4 is 11.6 Å². The van der Waals surface area contributed by atoms with Crippen LogP contribution in [0.5, 0.6) is 0 Å². The number of aliphatic hydroxyl groups is 1. The number of β-amino-alcohol motifs (C(OH)–C–C–N with tert-alkyl or cyclic N) is 1. The first kappa shape index (κ1) is 16.2. The maximum Gasteiger partial charge on any atom is 0.225 e. The number of anilines is 1. The van der Waals surface area contributed by atoms with E-state index in [-0.39, 0.29) is 24.4 Å². The molecule has 0 radical (unpaired) electrons. The number of hydrogen-bond acceptors (Lipinski definition) is 4. The van der Waals surface area contributed by atoms with Gasteiger partial charge in [0.1, 0.15) is 17.4 Å². The van der Waals surface area contributed by atoms with Gasteiger partial charge >= 0.3 is 0 Å². The molecule has 1 aliphatic rings. The van der Waals surface area contributed by atoms with E-state index < -0.39 is 11.4 Å². The maximum atomic E-state index is 13.7. The average molecular weight is 305 g/mol. The molecule has 1 N–H and O–H groups in total. The minimum Gasteiger partial charge on any atom is -0.388 e. The summed E-state index contributed by atoms with van der Waals surface area (Å²) >= 11 is 0. The van der Waals surface area contributed by atoms with Gasteiger partial charge in [-0.25, -0.2) is 4.39 Å². The van der Waals surface area contributed by atoms with Crippen molar-refractivity contribution in [2.24, 2.45) is 0 Å². The van der Waals surface area contributed by atoms with Crippen molar-refractivity contribution in [3.05, 3.63) is 29.6 Å². The molecule has 1 amide bonds. The van der Waals surface area contributed by atoms with Crippen molar-refractivity contribution in [3.8, 4) is 6.07 Å². The second kappa shape index (κ2) is 6.32. The molecule has 22 heavy (non-hydrogen) atoms. The van der Waals surface area contributed by atoms with Gasteiger partial charge in [0.2, 0.25) is 5.91 Å². The van der Waals surface area contributed by atoms with Crippen LogP contribution in [0.25, 0.3) is 0 Å². The van der Waals surface area contributed by atoms with Gasteiger partial charge in [-0.15, -0.1) is 0 Å². The van der Waals surface area contributed by atoms with Gasteiger partial charge in [0, 0.05) is 27.2 Å². The van der Waals surface area contributed by atoms with E-state index in [0.29, 0.717) is 25.1 Å². The number of amides is 1. The van der Waals surface area contributed by atoms with Crippen molar-refractivity contribution < 1.29 is 14.3 Å². The summed E-state index contributed by atoms with van der Waals surface area (Å²) in [5.74, 6) is -0.720. The third-order valence-electron chi connectivity index (χ3n) is 3.98. The van der Waals surface area contributed by atoms with Crippen LogP contribution in [0.1, 0.15) is 24.8 Å². The number of hydrogen-bond donors (Lipinski definition) is 1. The number of rotatable bonds is 3. The second-order valence-corrected chi connectivity index (χ2v) is 5.96. The van der Waals surface area contributed by atoms with Gasteiger partial charge in [-0.1, -0.05) is 6.07 Å². The van der Waals surface area contributed by atoms with E-state index >= 15 is 0 Å². The molecule has 1 aliphatic heterocycles. The number of carbonyl (C=O) groups excluding carboxylic acids is 1. The fourth-order valence-corrected chi connectivity index (χ4v) is 2.79. The van der Waals surface area contributed by atoms with Crippen LogP contribution in [0, 0.1) is 17.1 Å². The van der Waals surface area contributed by atoms with Gasteiger partial charge in [-0.2, -0.15) is 5.26 Å². The molecule has 0 aliphatic carbocycles. The fraction of sp³-hybridized carbons (Fsp3) is 0.500. The first-order valence-electron chi connectivity index (χ1n) is 7.22. The highest BCUT2D eigenvalue weighted by atomic mass is 19.1. The van der Waals surface area contributed by atoms with Gasteiger partial charge < -0.3 is 14.9 Å². The molecule has 1 aromatic carbocycles. The van der Waals surface area contributed by atoms with Gasteiger partial charge in [0.05, 0.1) is 17.7 Å². The molecule has 6 heteroatoms. The number of halogens is 1. The Balaban J connectivity index is 2.23. The molecule has 1 aromatic rings. The lowest BCUT2D eigenvalue weighted by atomic mass is 9.88. The zero-order valence-electron chi connectivity index (χ0n) is 12.8. The molecule has 0 spiro atoms. The van der Waals surface area contributed by atoms with Gasteiger partial charge in [-0.05, 0) is 25.0 Å². The minimum atomic E-state index is -1.15. The smallest absolute Gasteiger partial charge is 0.225 e. The summed E-state index contributed by atoms with van der Waals surface area (Å²) in [5.41, 5.74) is -0.706. The van der Waals surface area contributed by atoms with Crippen molar-refractivity contribution in [2.45, 2.75) is 24.9 Å². The minimum absolute atomic E-state index is 0.0215. The quantitative estimate of drug-likeness (QED) is 0.919. The van der Waals surface area contributed by atoms with Crippen molar-refractivity contribution in [2.75, 3.05) is 32.1 Å². The van der Waals surface area contributed by atoms with E-state index in [0.717, 1.165) is 0 Å². The Hall–Kier alpha value is -2.13. The molecule has 5 nitrogen and oxygen atoms in total. The Labute approximate surface area is 129 Å². The van der Waals surface area contributed by atoms with Gasteiger partial charge in [0.25, 0.3) is 0 Å². The highest BCUT2D eigenvalue weighted by molar-refractivity contribution is 5.77. The SMILES string of the molecule is CN(C)C(=O)CC1(O)CCCN(c2cccc(F)c2C#N)C1. The summed E-state index contributed by atoms with van der Waals surface area (Å²) in [6, 6.07) is 6.33. The van der Waals surface area contributed by atoms with Crippen LogP contribution in [-0.2, 0) is 4.79 Å². The molecule has 1 saturated heterocycles. The Morgan fingerprint density at radius 2 is 2.27 bits per heavy atom. The second-order valence-electron chi connectivity index (χ2n) is 5.96. The Morgan fingerprint density at radius 3 is 2.91 bits per heavy atom. The van der Waals surface area contributed by atoms with E-state index in [1.165, 1.54) is 11.0 Å². The van der Waals surface area contributed by atoms with E-state index in [4.69, 9.17) is 5.26 Å². The summed E-state index contributed by atoms with van der Waals surface area (Å²) < 4.78 is 13.7. The lowest BCUT2D eigenvalue weighted by Crippen LogP contribution is -2.50. The third-order valence-corrected chi connectivity index (χ3v) is 3.98. The molecule has 1 atom stereocenters. The molecule has 1 fully saturated rings. The van der Waals surface area contributed by atoms with Crippen LogP contribution in [0.15, 0.2) is 18.2 Å². The standard InChI is InChI=1S/C16H20FN3O2/c1-19(2)15(21)9-16(22)7-4-8-20(11-16)14-6-3-5-13(17)12(14)10-18/h3,5-6,22H,4,7-9,11H2,1-2H3. The number of nitrogens with zero attached hydrogens (tertiary/aromatic N) is 3. The van der Waals surface area contributed by atoms with Crippen LogP contribution in [-0.4, -0.2) is 48.7 Å². The molecule has 1 unspecified atom stereocenters. The van der Waals surface area contributed by atoms with Crippen LogP contribution >= 0.6 is 0 Å². The van der Waals surface area contributed by atoms with E-state index in [1.54, 1.807) is 31.1 Å². The van der Waals surface area contributed by atoms with Crippen LogP contribution < -0.4 is 4.90 Å². The average Bonchev–Trinajstić information content (AvgIpc) is 2.46. The Bertz CT molecular complexity index is 612. The van der Waals surface area contributed by atoms with Crippen LogP contribution in [0.3, 0.4) is 0 Å². The van der Waals surface area contributed by atoms with E-state index in [9.17, 15) is 14.3 Å². The number of carbonyl (C=O) groups is 1. The van der Waals surface area contributed by atoms with Crippen molar-refractivity contribution in [3.63, 3.8) is 0 Å². The zero-order valence-corrected chi connectivity index (χ0v) is 12.8. The Kier molecular flexibility index (Phi) is 4.67. The highest BCUT2D eigenvalue weighted by Gasteiger charge is 2.36. The molecule has 2 rings (SSSR count). The fourth-order valence-electron chi connectivity index (χ4n) is 2.79. The molecule has 0 aromatic heterocycles. The first-order chi connectivity index (χ1) is 10.4. The number of benzene rings is 1. The van der Waals surface area contributed by atoms with Crippen LogP contribution in [0.4, 0.5) is 10.1 Å². The first-order valence-corrected chi connectivity index (χ1v) is 7.22. The molecular formula is C16H20FN3O2. The van der Waals surface area contributed by atoms with Gasteiger partial charge in [-0.3, -0.25) is 4.79 Å². The lowest BCUT2D eigenvalue weighted by Gasteiger charge is -2.40. The molecular weight excluding hydrogens is 285 g/mol. The highest BCUT2D eigenvalue weighted by Crippen LogP contribution is 2.31. The Morgan fingerprint density at radius 1 is 1.55 bits per heavy atom. The predicted octanol–water partition coefficient (Wildman–Crippen LogP) is 1.51. The van der Waals surface area contributed by atoms with Crippen LogP contribution in [0.2, 0.25) is 0 Å². The summed E-state index contributed by atoms with van der Waals surface area (Å²) in [4.78, 5) is 15.1. The summed E-state index contributed by atoms with van der Waals surface area (Å²) in [5, 5.41) is 19.8. The third kappa shape index (κ3) is 3.37. The summed E-state index contributed by atoms with van der Waals surface area (Å²) in [6.45, 7) is 0.835. The largest absolute Gasteiger partial charge is 0.388 e. The van der Waals surface area contributed by atoms with E-state index in [2.05, 4.69) is 0 Å². The van der Waals surface area contributed by atoms with Crippen molar-refractivity contribution in [1.29, 1.82) is 5.26 Å². The predicted molar refractivity (Wildman–Crippen MR) is 80.8 cm³/mol.